The van der Waals surface area contributed by atoms with E-state index in [0.29, 0.717) is 5.69 Å². The largest absolute Gasteiger partial charge is 0.337 e. The van der Waals surface area contributed by atoms with Crippen LogP contribution in [0.5, 0.6) is 0 Å². The zero-order valence-electron chi connectivity index (χ0n) is 9.90. The molecule has 1 aromatic rings. The summed E-state index contributed by atoms with van der Waals surface area (Å²) in [7, 11) is 1.77. The summed E-state index contributed by atoms with van der Waals surface area (Å²) in [5.74, 6) is -0.149. The Morgan fingerprint density at radius 3 is 2.59 bits per heavy atom. The van der Waals surface area contributed by atoms with Crippen LogP contribution in [0.3, 0.4) is 0 Å². The highest BCUT2D eigenvalue weighted by atomic mass is 16.2. The Labute approximate surface area is 99.2 Å². The van der Waals surface area contributed by atoms with Gasteiger partial charge in [-0.2, -0.15) is 0 Å². The quantitative estimate of drug-likeness (QED) is 0.679. The van der Waals surface area contributed by atoms with E-state index in [1.54, 1.807) is 11.9 Å². The van der Waals surface area contributed by atoms with Gasteiger partial charge in [0.1, 0.15) is 5.69 Å². The van der Waals surface area contributed by atoms with Gasteiger partial charge in [-0.05, 0) is 25.7 Å². The van der Waals surface area contributed by atoms with Crippen molar-refractivity contribution in [2.45, 2.75) is 37.8 Å². The Bertz CT molecular complexity index is 442. The van der Waals surface area contributed by atoms with Gasteiger partial charge in [-0.1, -0.05) is 0 Å². The van der Waals surface area contributed by atoms with E-state index in [1.165, 1.54) is 6.20 Å². The average molecular weight is 238 g/mol. The lowest BCUT2D eigenvalue weighted by atomic mass is 9.91. The SMILES string of the molecule is CN(C(=O)c1c[nH]c(=O)[nH]1)C1CCC(N)CC1. The molecule has 17 heavy (non-hydrogen) atoms. The smallest absolute Gasteiger partial charge is 0.323 e. The van der Waals surface area contributed by atoms with Crippen LogP contribution in [-0.4, -0.2) is 39.9 Å². The summed E-state index contributed by atoms with van der Waals surface area (Å²) in [6.45, 7) is 0. The number of aromatic amines is 2. The molecule has 0 saturated heterocycles. The molecule has 1 saturated carbocycles. The second kappa shape index (κ2) is 4.75. The van der Waals surface area contributed by atoms with Crippen LogP contribution in [0, 0.1) is 0 Å². The first-order valence-electron chi connectivity index (χ1n) is 5.88. The molecule has 6 nitrogen and oxygen atoms in total. The number of imidazole rings is 1. The number of nitrogens with two attached hydrogens (primary N) is 1. The molecule has 1 aliphatic carbocycles. The molecule has 0 atom stereocenters. The maximum atomic E-state index is 12.0. The van der Waals surface area contributed by atoms with E-state index in [9.17, 15) is 9.59 Å². The van der Waals surface area contributed by atoms with Crippen LogP contribution < -0.4 is 11.4 Å². The fourth-order valence-electron chi connectivity index (χ4n) is 2.29. The fraction of sp³-hybridized carbons (Fsp3) is 0.636. The molecule has 1 aliphatic rings. The molecule has 6 heteroatoms. The summed E-state index contributed by atoms with van der Waals surface area (Å²) in [6, 6.07) is 0.488. The first-order chi connectivity index (χ1) is 8.08. The van der Waals surface area contributed by atoms with E-state index in [2.05, 4.69) is 9.97 Å². The number of hydrogen-bond donors (Lipinski definition) is 3. The number of carbonyl (C=O) groups is 1. The number of carbonyl (C=O) groups excluding carboxylic acids is 1. The van der Waals surface area contributed by atoms with Crippen LogP contribution in [0.25, 0.3) is 0 Å². The number of nitrogens with zero attached hydrogens (tertiary/aromatic N) is 1. The van der Waals surface area contributed by atoms with Crippen LogP contribution in [0.4, 0.5) is 0 Å². The number of hydrogen-bond acceptors (Lipinski definition) is 3. The van der Waals surface area contributed by atoms with Crippen molar-refractivity contribution in [1.29, 1.82) is 0 Å². The summed E-state index contributed by atoms with van der Waals surface area (Å²) in [5, 5.41) is 0. The molecule has 1 aromatic heterocycles. The van der Waals surface area contributed by atoms with E-state index in [1.807, 2.05) is 0 Å². The Balaban J connectivity index is 2.02. The summed E-state index contributed by atoms with van der Waals surface area (Å²) in [5.41, 5.74) is 5.79. The maximum absolute atomic E-state index is 12.0. The summed E-state index contributed by atoms with van der Waals surface area (Å²) >= 11 is 0. The van der Waals surface area contributed by atoms with Crippen molar-refractivity contribution in [3.63, 3.8) is 0 Å². The summed E-state index contributed by atoms with van der Waals surface area (Å²) < 4.78 is 0. The molecule has 1 heterocycles. The van der Waals surface area contributed by atoms with Crippen LogP contribution in [-0.2, 0) is 0 Å². The van der Waals surface area contributed by atoms with E-state index in [0.717, 1.165) is 25.7 Å². The number of rotatable bonds is 2. The molecule has 2 rings (SSSR count). The number of nitrogens with one attached hydrogen (secondary N) is 2. The Hall–Kier alpha value is -1.56. The zero-order chi connectivity index (χ0) is 12.4. The maximum Gasteiger partial charge on any atom is 0.323 e. The standard InChI is InChI=1S/C11H18N4O2/c1-15(8-4-2-7(12)3-5-8)10(16)9-6-13-11(17)14-9/h6-8H,2-5,12H2,1H3,(H2,13,14,17). The molecule has 0 aliphatic heterocycles. The van der Waals surface area contributed by atoms with Crippen molar-refractivity contribution >= 4 is 5.91 Å². The van der Waals surface area contributed by atoms with Crippen molar-refractivity contribution in [2.75, 3.05) is 7.05 Å². The van der Waals surface area contributed by atoms with Gasteiger partial charge in [0.05, 0.1) is 0 Å². The topological polar surface area (TPSA) is 95.0 Å². The lowest BCUT2D eigenvalue weighted by molar-refractivity contribution is 0.0684. The lowest BCUT2D eigenvalue weighted by Crippen LogP contribution is -2.42. The van der Waals surface area contributed by atoms with E-state index in [-0.39, 0.29) is 23.7 Å². The summed E-state index contributed by atoms with van der Waals surface area (Å²) in [6.07, 6.45) is 5.17. The van der Waals surface area contributed by atoms with Crippen LogP contribution >= 0.6 is 0 Å². The van der Waals surface area contributed by atoms with Crippen LogP contribution in [0.2, 0.25) is 0 Å². The lowest BCUT2D eigenvalue weighted by Gasteiger charge is -2.33. The molecule has 1 amide bonds. The Morgan fingerprint density at radius 2 is 2.06 bits per heavy atom. The van der Waals surface area contributed by atoms with Gasteiger partial charge in [0.15, 0.2) is 0 Å². The zero-order valence-corrected chi connectivity index (χ0v) is 9.90. The molecule has 0 spiro atoms. The van der Waals surface area contributed by atoms with Gasteiger partial charge in [0, 0.05) is 25.3 Å². The van der Waals surface area contributed by atoms with Crippen molar-refractivity contribution in [3.05, 3.63) is 22.4 Å². The van der Waals surface area contributed by atoms with Crippen molar-refractivity contribution < 1.29 is 4.79 Å². The van der Waals surface area contributed by atoms with E-state index >= 15 is 0 Å². The molecule has 94 valence electrons. The Kier molecular flexibility index (Phi) is 3.33. The van der Waals surface area contributed by atoms with Gasteiger partial charge in [0.2, 0.25) is 0 Å². The third kappa shape index (κ3) is 2.58. The minimum Gasteiger partial charge on any atom is -0.337 e. The van der Waals surface area contributed by atoms with Crippen molar-refractivity contribution in [2.24, 2.45) is 5.73 Å². The molecule has 4 N–H and O–H groups in total. The van der Waals surface area contributed by atoms with Gasteiger partial charge < -0.3 is 20.6 Å². The number of aromatic nitrogens is 2. The van der Waals surface area contributed by atoms with Gasteiger partial charge in [-0.3, -0.25) is 4.79 Å². The third-order valence-electron chi connectivity index (χ3n) is 3.44. The minimum absolute atomic E-state index is 0.149. The highest BCUT2D eigenvalue weighted by molar-refractivity contribution is 5.92. The van der Waals surface area contributed by atoms with Gasteiger partial charge in [0.25, 0.3) is 5.91 Å². The minimum atomic E-state index is -0.354. The molecule has 1 fully saturated rings. The van der Waals surface area contributed by atoms with E-state index < -0.39 is 0 Å². The third-order valence-corrected chi connectivity index (χ3v) is 3.44. The fourth-order valence-corrected chi connectivity index (χ4v) is 2.29. The molecule has 0 bridgehead atoms. The molecular weight excluding hydrogens is 220 g/mol. The second-order valence-corrected chi connectivity index (χ2v) is 4.64. The van der Waals surface area contributed by atoms with Crippen LogP contribution in [0.1, 0.15) is 36.2 Å². The molecule has 0 radical (unpaired) electrons. The molecule has 0 unspecified atom stereocenters. The monoisotopic (exact) mass is 238 g/mol. The predicted molar refractivity (Wildman–Crippen MR) is 63.7 cm³/mol. The first kappa shape index (κ1) is 11.9. The number of amides is 1. The Morgan fingerprint density at radius 1 is 1.41 bits per heavy atom. The summed E-state index contributed by atoms with van der Waals surface area (Å²) in [4.78, 5) is 29.6. The van der Waals surface area contributed by atoms with Crippen molar-refractivity contribution in [3.8, 4) is 0 Å². The molecule has 0 aromatic carbocycles. The van der Waals surface area contributed by atoms with Gasteiger partial charge in [-0.25, -0.2) is 4.79 Å². The van der Waals surface area contributed by atoms with Crippen molar-refractivity contribution in [1.82, 2.24) is 14.9 Å². The average Bonchev–Trinajstić information content (AvgIpc) is 2.75. The van der Waals surface area contributed by atoms with Gasteiger partial charge in [-0.15, -0.1) is 0 Å². The highest BCUT2D eigenvalue weighted by Gasteiger charge is 2.26. The number of H-pyrrole nitrogens is 2. The molecular formula is C11H18N4O2. The van der Waals surface area contributed by atoms with E-state index in [4.69, 9.17) is 5.73 Å². The van der Waals surface area contributed by atoms with Crippen LogP contribution in [0.15, 0.2) is 11.0 Å². The normalized spacial score (nSPS) is 24.6. The van der Waals surface area contributed by atoms with Gasteiger partial charge >= 0.3 is 5.69 Å². The highest BCUT2D eigenvalue weighted by Crippen LogP contribution is 2.21. The predicted octanol–water partition coefficient (Wildman–Crippen LogP) is 0.0449. The second-order valence-electron chi connectivity index (χ2n) is 4.64. The first-order valence-corrected chi connectivity index (χ1v) is 5.88.